The van der Waals surface area contributed by atoms with Crippen LogP contribution in [0.3, 0.4) is 0 Å². The summed E-state index contributed by atoms with van der Waals surface area (Å²) in [4.78, 5) is 22.4. The highest BCUT2D eigenvalue weighted by atomic mass is 16.5. The summed E-state index contributed by atoms with van der Waals surface area (Å²) in [6.45, 7) is 12.1. The smallest absolute Gasteiger partial charge is 0.239 e. The summed E-state index contributed by atoms with van der Waals surface area (Å²) in [6, 6.07) is 6.05. The van der Waals surface area contributed by atoms with Gasteiger partial charge < -0.3 is 14.5 Å². The zero-order valence-corrected chi connectivity index (χ0v) is 17.5. The van der Waals surface area contributed by atoms with Crippen molar-refractivity contribution in [2.75, 3.05) is 37.7 Å². The number of rotatable bonds is 4. The molecule has 0 saturated carbocycles. The molecule has 4 rings (SSSR count). The second kappa shape index (κ2) is 8.15. The number of amides is 1. The number of nitrogens with zero attached hydrogens (tertiary/aromatic N) is 3. The summed E-state index contributed by atoms with van der Waals surface area (Å²) in [5.41, 5.74) is 1.37. The number of anilines is 1. The Bertz CT molecular complexity index is 824. The van der Waals surface area contributed by atoms with E-state index in [1.807, 2.05) is 49.2 Å². The van der Waals surface area contributed by atoms with Crippen LogP contribution in [-0.2, 0) is 9.53 Å². The summed E-state index contributed by atoms with van der Waals surface area (Å²) >= 11 is 0. The van der Waals surface area contributed by atoms with Crippen molar-refractivity contribution in [2.24, 2.45) is 11.3 Å². The van der Waals surface area contributed by atoms with Crippen LogP contribution in [-0.4, -0.2) is 54.7 Å². The molecule has 2 unspecified atom stereocenters. The lowest BCUT2D eigenvalue weighted by molar-refractivity contribution is -0.134. The molecule has 0 radical (unpaired) electrons. The van der Waals surface area contributed by atoms with E-state index >= 15 is 0 Å². The first-order chi connectivity index (χ1) is 14.1. The van der Waals surface area contributed by atoms with Crippen molar-refractivity contribution in [1.82, 2.24) is 9.88 Å². The Hall–Kier alpha value is -2.40. The predicted octanol–water partition coefficient (Wildman–Crippen LogP) is 3.60. The molecule has 154 valence electrons. The molecule has 5 heteroatoms. The maximum absolute atomic E-state index is 13.5. The molecule has 2 atom stereocenters. The van der Waals surface area contributed by atoms with Crippen molar-refractivity contribution in [3.05, 3.63) is 60.3 Å². The Kier molecular flexibility index (Phi) is 5.59. The number of allylic oxidation sites excluding steroid dienone is 3. The fourth-order valence-electron chi connectivity index (χ4n) is 4.86. The molecule has 1 aromatic rings. The van der Waals surface area contributed by atoms with Crippen molar-refractivity contribution in [3.63, 3.8) is 0 Å². The van der Waals surface area contributed by atoms with E-state index in [1.165, 1.54) is 0 Å². The quantitative estimate of drug-likeness (QED) is 0.733. The first-order valence-corrected chi connectivity index (χ1v) is 10.6. The molecule has 3 aliphatic heterocycles. The van der Waals surface area contributed by atoms with Gasteiger partial charge in [0, 0.05) is 32.4 Å². The van der Waals surface area contributed by atoms with Crippen LogP contribution in [0.1, 0.15) is 26.7 Å². The topological polar surface area (TPSA) is 45.7 Å². The van der Waals surface area contributed by atoms with Crippen LogP contribution < -0.4 is 4.90 Å². The van der Waals surface area contributed by atoms with Crippen molar-refractivity contribution < 1.29 is 9.53 Å². The molecule has 3 aliphatic rings. The van der Waals surface area contributed by atoms with Gasteiger partial charge in [-0.15, -0.1) is 0 Å². The van der Waals surface area contributed by atoms with E-state index in [2.05, 4.69) is 28.6 Å². The van der Waals surface area contributed by atoms with Crippen LogP contribution in [0.2, 0.25) is 0 Å². The average Bonchev–Trinajstić information content (AvgIpc) is 3.20. The van der Waals surface area contributed by atoms with E-state index in [-0.39, 0.29) is 12.0 Å². The second-order valence-corrected chi connectivity index (χ2v) is 8.41. The van der Waals surface area contributed by atoms with Gasteiger partial charge in [-0.3, -0.25) is 4.79 Å². The molecule has 29 heavy (non-hydrogen) atoms. The third-order valence-electron chi connectivity index (χ3n) is 6.71. The van der Waals surface area contributed by atoms with Crippen molar-refractivity contribution >= 4 is 11.7 Å². The highest BCUT2D eigenvalue weighted by molar-refractivity contribution is 5.94. The van der Waals surface area contributed by atoms with Gasteiger partial charge in [-0.2, -0.15) is 0 Å². The molecular formula is C24H31N3O2. The minimum absolute atomic E-state index is 0.0745. The van der Waals surface area contributed by atoms with Crippen LogP contribution in [0.25, 0.3) is 0 Å². The molecule has 0 bridgehead atoms. The molecule has 3 fully saturated rings. The number of piperidine rings is 1. The number of aromatic nitrogens is 1. The van der Waals surface area contributed by atoms with Gasteiger partial charge in [0.2, 0.25) is 5.91 Å². The SMILES string of the molecule is C=C1C(C)OCC12C(=O)N(CC1CCN(c3ccccn3)CC1)C/C2=C\C=C/C. The lowest BCUT2D eigenvalue weighted by atomic mass is 9.76. The normalized spacial score (nSPS) is 29.9. The molecule has 1 spiro atoms. The molecule has 0 N–H and O–H groups in total. The van der Waals surface area contributed by atoms with E-state index in [9.17, 15) is 4.79 Å². The molecule has 0 aliphatic carbocycles. The molecule has 3 saturated heterocycles. The highest BCUT2D eigenvalue weighted by Gasteiger charge is 2.57. The first-order valence-electron chi connectivity index (χ1n) is 10.6. The molecule has 1 amide bonds. The van der Waals surface area contributed by atoms with Crippen molar-refractivity contribution in [2.45, 2.75) is 32.8 Å². The summed E-state index contributed by atoms with van der Waals surface area (Å²) in [5, 5.41) is 0. The van der Waals surface area contributed by atoms with Crippen molar-refractivity contribution in [3.8, 4) is 0 Å². The summed E-state index contributed by atoms with van der Waals surface area (Å²) in [6.07, 6.45) is 10.0. The number of carbonyl (C=O) groups excluding carboxylic acids is 1. The fraction of sp³-hybridized carbons (Fsp3) is 0.500. The lowest BCUT2D eigenvalue weighted by Gasteiger charge is -2.34. The van der Waals surface area contributed by atoms with Crippen LogP contribution >= 0.6 is 0 Å². The van der Waals surface area contributed by atoms with Gasteiger partial charge in [-0.1, -0.05) is 30.9 Å². The maximum atomic E-state index is 13.5. The van der Waals surface area contributed by atoms with E-state index < -0.39 is 5.41 Å². The van der Waals surface area contributed by atoms with Gasteiger partial charge in [0.25, 0.3) is 0 Å². The molecule has 0 aromatic carbocycles. The number of hydrogen-bond acceptors (Lipinski definition) is 4. The maximum Gasteiger partial charge on any atom is 0.239 e. The van der Waals surface area contributed by atoms with E-state index in [1.54, 1.807) is 0 Å². The highest BCUT2D eigenvalue weighted by Crippen LogP contribution is 2.49. The van der Waals surface area contributed by atoms with Gasteiger partial charge in [-0.25, -0.2) is 4.98 Å². The van der Waals surface area contributed by atoms with E-state index in [4.69, 9.17) is 4.74 Å². The molecule has 5 nitrogen and oxygen atoms in total. The summed E-state index contributed by atoms with van der Waals surface area (Å²) in [5.74, 6) is 1.74. The number of carbonyl (C=O) groups is 1. The Morgan fingerprint density at radius 2 is 2.14 bits per heavy atom. The third-order valence-corrected chi connectivity index (χ3v) is 6.71. The van der Waals surface area contributed by atoms with Crippen LogP contribution in [0.15, 0.2) is 60.3 Å². The Labute approximate surface area is 173 Å². The minimum atomic E-state index is -0.659. The standard InChI is InChI=1S/C24H31N3O2/c1-4-5-8-21-16-27(23(28)24(21)17-29-19(3)18(24)2)15-20-10-13-26(14-11-20)22-9-6-7-12-25-22/h4-9,12,19-20H,2,10-11,13-17H2,1,3H3/b5-4-,21-8+. The Balaban J connectivity index is 1.45. The van der Waals surface area contributed by atoms with E-state index in [0.717, 1.165) is 49.4 Å². The molecule has 1 aromatic heterocycles. The number of likely N-dealkylation sites (tertiary alicyclic amines) is 1. The fourth-order valence-corrected chi connectivity index (χ4v) is 4.86. The average molecular weight is 394 g/mol. The van der Waals surface area contributed by atoms with Gasteiger partial charge in [0.1, 0.15) is 11.2 Å². The Morgan fingerprint density at radius 1 is 1.34 bits per heavy atom. The Morgan fingerprint density at radius 3 is 2.76 bits per heavy atom. The lowest BCUT2D eigenvalue weighted by Crippen LogP contribution is -2.42. The predicted molar refractivity (Wildman–Crippen MR) is 116 cm³/mol. The van der Waals surface area contributed by atoms with Gasteiger partial charge >= 0.3 is 0 Å². The number of hydrogen-bond donors (Lipinski definition) is 0. The van der Waals surface area contributed by atoms with Crippen LogP contribution in [0.5, 0.6) is 0 Å². The second-order valence-electron chi connectivity index (χ2n) is 8.41. The zero-order chi connectivity index (χ0) is 20.4. The minimum Gasteiger partial charge on any atom is -0.372 e. The number of pyridine rings is 1. The number of ether oxygens (including phenoxy) is 1. The third kappa shape index (κ3) is 3.52. The van der Waals surface area contributed by atoms with E-state index in [0.29, 0.717) is 19.1 Å². The zero-order valence-electron chi connectivity index (χ0n) is 17.5. The monoisotopic (exact) mass is 393 g/mol. The summed E-state index contributed by atoms with van der Waals surface area (Å²) < 4.78 is 5.86. The largest absolute Gasteiger partial charge is 0.372 e. The van der Waals surface area contributed by atoms with Gasteiger partial charge in [-0.05, 0) is 55.9 Å². The summed E-state index contributed by atoms with van der Waals surface area (Å²) in [7, 11) is 0. The van der Waals surface area contributed by atoms with Crippen LogP contribution in [0, 0.1) is 11.3 Å². The molecular weight excluding hydrogens is 362 g/mol. The first kappa shape index (κ1) is 19.9. The van der Waals surface area contributed by atoms with Crippen LogP contribution in [0.4, 0.5) is 5.82 Å². The van der Waals surface area contributed by atoms with Gasteiger partial charge in [0.15, 0.2) is 0 Å². The molecule has 4 heterocycles. The van der Waals surface area contributed by atoms with Crippen molar-refractivity contribution in [1.29, 1.82) is 0 Å². The van der Waals surface area contributed by atoms with Gasteiger partial charge in [0.05, 0.1) is 12.7 Å².